The molecule has 0 aliphatic carbocycles. The molecule has 14 nitrogen and oxygen atoms in total. The molecule has 1 unspecified atom stereocenters. The molecule has 5 N–H and O–H groups in total. The van der Waals surface area contributed by atoms with Gasteiger partial charge in [-0.3, -0.25) is 9.59 Å². The van der Waals surface area contributed by atoms with Gasteiger partial charge in [0.1, 0.15) is 24.7 Å². The number of carbonyl (C=O) groups is 4. The molecule has 0 bridgehead atoms. The minimum atomic E-state index is -0.679. The Bertz CT molecular complexity index is 1730. The van der Waals surface area contributed by atoms with Crippen LogP contribution in [0.5, 0.6) is 0 Å². The number of alkyl carbamates (subject to hydrolysis) is 2. The molecule has 258 valence electrons. The zero-order chi connectivity index (χ0) is 35.5. The quantitative estimate of drug-likeness (QED) is 0.129. The predicted octanol–water partition coefficient (Wildman–Crippen LogP) is 3.17. The number of H-pyrrole nitrogens is 1. The third-order valence-corrected chi connectivity index (χ3v) is 8.36. The molecule has 0 radical (unpaired) electrons. The average Bonchev–Trinajstić information content (AvgIpc) is 3.90. The molecule has 2 aliphatic heterocycles. The highest BCUT2D eigenvalue weighted by Crippen LogP contribution is 2.33. The van der Waals surface area contributed by atoms with E-state index in [0.717, 1.165) is 47.2 Å². The van der Waals surface area contributed by atoms with E-state index in [9.17, 15) is 19.2 Å². The zero-order valence-corrected chi connectivity index (χ0v) is 28.0. The van der Waals surface area contributed by atoms with Crippen LogP contribution in [0.4, 0.5) is 9.59 Å². The first-order valence-electron chi connectivity index (χ1n) is 15.8. The highest BCUT2D eigenvalue weighted by molar-refractivity contribution is 5.92. The fourth-order valence-corrected chi connectivity index (χ4v) is 5.85. The van der Waals surface area contributed by atoms with Gasteiger partial charge in [-0.1, -0.05) is 31.1 Å². The van der Waals surface area contributed by atoms with Gasteiger partial charge in [0.05, 0.1) is 38.2 Å². The normalized spacial score (nSPS) is 17.3. The number of aliphatic imine (C=N–C) groups is 1. The van der Waals surface area contributed by atoms with Crippen LogP contribution in [0.15, 0.2) is 54.8 Å². The molecule has 4 rings (SSSR count). The van der Waals surface area contributed by atoms with Crippen LogP contribution in [0, 0.1) is 18.8 Å². The molecular formula is C35H42N8O6. The molecule has 2 aromatic rings. The first kappa shape index (κ1) is 36.0. The predicted molar refractivity (Wildman–Crippen MR) is 185 cm³/mol. The Labute approximate surface area is 285 Å². The number of aromatic amines is 1. The van der Waals surface area contributed by atoms with Crippen molar-refractivity contribution >= 4 is 35.4 Å². The smallest absolute Gasteiger partial charge is 0.407 e. The van der Waals surface area contributed by atoms with Gasteiger partial charge >= 0.3 is 12.2 Å². The Morgan fingerprint density at radius 3 is 2.41 bits per heavy atom. The summed E-state index contributed by atoms with van der Waals surface area (Å²) in [7, 11) is 2.48. The van der Waals surface area contributed by atoms with E-state index in [2.05, 4.69) is 60.1 Å². The molecule has 14 heteroatoms. The average molecular weight is 671 g/mol. The van der Waals surface area contributed by atoms with Crippen molar-refractivity contribution in [3.8, 4) is 23.1 Å². The van der Waals surface area contributed by atoms with Gasteiger partial charge in [0.25, 0.3) is 0 Å². The van der Waals surface area contributed by atoms with Crippen molar-refractivity contribution in [2.24, 2.45) is 10.7 Å². The number of carbonyl (C=O) groups excluding carboxylic acids is 4. The summed E-state index contributed by atoms with van der Waals surface area (Å²) in [5, 5.41) is 4.84. The Morgan fingerprint density at radius 1 is 1.08 bits per heavy atom. The second kappa shape index (κ2) is 16.8. The summed E-state index contributed by atoms with van der Waals surface area (Å²) in [6.07, 6.45) is 8.16. The van der Waals surface area contributed by atoms with Gasteiger partial charge in [0.2, 0.25) is 11.8 Å². The van der Waals surface area contributed by atoms with Crippen LogP contribution in [0.1, 0.15) is 54.2 Å². The number of methoxy groups -OCH3 is 2. The number of aryl methyl sites for hydroxylation is 1. The van der Waals surface area contributed by atoms with Gasteiger partial charge in [0, 0.05) is 36.5 Å². The van der Waals surface area contributed by atoms with Crippen LogP contribution < -0.4 is 16.4 Å². The number of nitrogens with zero attached hydrogens (tertiary/aromatic N) is 4. The van der Waals surface area contributed by atoms with E-state index in [1.54, 1.807) is 28.1 Å². The molecule has 1 aromatic carbocycles. The first-order chi connectivity index (χ1) is 23.6. The number of hydrogen-bond donors (Lipinski definition) is 4. The summed E-state index contributed by atoms with van der Waals surface area (Å²) in [5.41, 5.74) is 11.0. The molecule has 2 atom stereocenters. The number of ether oxygens (including phenoxy) is 2. The molecule has 0 spiro atoms. The van der Waals surface area contributed by atoms with Crippen molar-refractivity contribution < 1.29 is 28.7 Å². The van der Waals surface area contributed by atoms with E-state index in [1.165, 1.54) is 20.4 Å². The van der Waals surface area contributed by atoms with Crippen LogP contribution >= 0.6 is 0 Å². The number of nitrogens with one attached hydrogen (secondary N) is 3. The number of allylic oxidation sites excluding steroid dienone is 3. The van der Waals surface area contributed by atoms with Crippen molar-refractivity contribution in [2.75, 3.05) is 40.4 Å². The zero-order valence-electron chi connectivity index (χ0n) is 28.0. The molecule has 3 heterocycles. The number of nitrogens with two attached hydrogens (primary N) is 1. The number of aromatic nitrogens is 2. The molecule has 4 amide bonds. The molecule has 1 aromatic heterocycles. The van der Waals surface area contributed by atoms with Gasteiger partial charge in [-0.05, 0) is 61.4 Å². The van der Waals surface area contributed by atoms with Crippen LogP contribution in [0.25, 0.3) is 16.8 Å². The maximum absolute atomic E-state index is 12.8. The second-order valence-electron chi connectivity index (χ2n) is 11.4. The molecule has 2 fully saturated rings. The van der Waals surface area contributed by atoms with Crippen molar-refractivity contribution in [3.63, 3.8) is 0 Å². The Balaban J connectivity index is 1.48. The summed E-state index contributed by atoms with van der Waals surface area (Å²) in [4.78, 5) is 63.8. The summed E-state index contributed by atoms with van der Waals surface area (Å²) in [6.45, 7) is 10.8. The molecule has 49 heavy (non-hydrogen) atoms. The van der Waals surface area contributed by atoms with Crippen LogP contribution in [-0.4, -0.2) is 96.0 Å². The van der Waals surface area contributed by atoms with Crippen LogP contribution in [-0.2, 0) is 19.1 Å². The maximum Gasteiger partial charge on any atom is 0.407 e. The SMILES string of the molecule is C=CC(=C)c1cc(-c2cnc([C@@H]3CCCN3C(=O)CNC(=O)OC)[nH]2)cc(C)c1C#C/C=C/N=C(N)C1CCCN1C(=O)CNC(=O)OC. The third kappa shape index (κ3) is 8.95. The van der Waals surface area contributed by atoms with Gasteiger partial charge in [-0.25, -0.2) is 19.6 Å². The van der Waals surface area contributed by atoms with Gasteiger partial charge in [0.15, 0.2) is 0 Å². The molecule has 2 aliphatic rings. The summed E-state index contributed by atoms with van der Waals surface area (Å²) >= 11 is 0. The van der Waals surface area contributed by atoms with Gasteiger partial charge in [-0.15, -0.1) is 0 Å². The number of hydrogen-bond acceptors (Lipinski definition) is 8. The Kier molecular flexibility index (Phi) is 12.4. The first-order valence-corrected chi connectivity index (χ1v) is 15.8. The summed E-state index contributed by atoms with van der Waals surface area (Å²) < 4.78 is 9.09. The van der Waals surface area contributed by atoms with Crippen LogP contribution in [0.3, 0.4) is 0 Å². The minimum Gasteiger partial charge on any atom is -0.453 e. The van der Waals surface area contributed by atoms with E-state index in [-0.39, 0.29) is 42.8 Å². The van der Waals surface area contributed by atoms with Crippen LogP contribution in [0.2, 0.25) is 0 Å². The van der Waals surface area contributed by atoms with Gasteiger partial charge < -0.3 is 40.6 Å². The highest BCUT2D eigenvalue weighted by Gasteiger charge is 2.33. The topological polar surface area (TPSA) is 184 Å². The van der Waals surface area contributed by atoms with E-state index in [0.29, 0.717) is 30.9 Å². The number of amidine groups is 1. The number of amides is 4. The number of imidazole rings is 1. The van der Waals surface area contributed by atoms with E-state index < -0.39 is 12.2 Å². The largest absolute Gasteiger partial charge is 0.453 e. The van der Waals surface area contributed by atoms with Crippen molar-refractivity contribution in [1.82, 2.24) is 30.4 Å². The Hall–Kier alpha value is -5.84. The molecule has 2 saturated heterocycles. The number of likely N-dealkylation sites (tertiary alicyclic amines) is 2. The van der Waals surface area contributed by atoms with Crippen molar-refractivity contribution in [2.45, 2.75) is 44.7 Å². The van der Waals surface area contributed by atoms with E-state index >= 15 is 0 Å². The van der Waals surface area contributed by atoms with Crippen molar-refractivity contribution in [3.05, 3.63) is 72.4 Å². The molecule has 0 saturated carbocycles. The van der Waals surface area contributed by atoms with E-state index in [4.69, 9.17) is 5.73 Å². The van der Waals surface area contributed by atoms with Crippen molar-refractivity contribution in [1.29, 1.82) is 0 Å². The monoisotopic (exact) mass is 670 g/mol. The van der Waals surface area contributed by atoms with Gasteiger partial charge in [-0.2, -0.15) is 0 Å². The summed E-state index contributed by atoms with van der Waals surface area (Å²) in [5.74, 6) is 6.67. The maximum atomic E-state index is 12.8. The second-order valence-corrected chi connectivity index (χ2v) is 11.4. The summed E-state index contributed by atoms with van der Waals surface area (Å²) in [6, 6.07) is 3.36. The molecular weight excluding hydrogens is 628 g/mol. The lowest BCUT2D eigenvalue weighted by Gasteiger charge is -2.24. The standard InChI is InChI=1S/C35H42N8O6/c1-6-22(2)26-18-24(27-19-38-33(41-27)29-13-10-16-43(29)31(45)21-40-35(47)49-5)17-23(3)25(26)11-7-8-14-37-32(36)28-12-9-15-42(28)30(44)20-39-34(46)48-4/h6,8,14,17-19,28-29H,1-2,9-10,12-13,15-16,20-21H2,3-5H3,(H2,36,37)(H,38,41)(H,39,46)(H,40,47)/b14-8+/t28?,29-/m0/s1. The third-order valence-electron chi connectivity index (χ3n) is 8.36. The number of benzene rings is 1. The Morgan fingerprint density at radius 2 is 1.73 bits per heavy atom. The van der Waals surface area contributed by atoms with E-state index in [1.807, 2.05) is 19.1 Å². The lowest BCUT2D eigenvalue weighted by molar-refractivity contribution is -0.131. The lowest BCUT2D eigenvalue weighted by atomic mass is 9.93. The fraction of sp³-hybridized carbons (Fsp3) is 0.371. The lowest BCUT2D eigenvalue weighted by Crippen LogP contribution is -2.47. The fourth-order valence-electron chi connectivity index (χ4n) is 5.85. The number of rotatable bonds is 10. The minimum absolute atomic E-state index is 0.155. The highest BCUT2D eigenvalue weighted by atomic mass is 16.5.